The summed E-state index contributed by atoms with van der Waals surface area (Å²) in [6.45, 7) is 0.117. The van der Waals surface area contributed by atoms with Gasteiger partial charge in [-0.3, -0.25) is 10.1 Å². The number of hydrogen-bond donors (Lipinski definition) is 1. The molecule has 1 aromatic carbocycles. The van der Waals surface area contributed by atoms with Crippen LogP contribution >= 0.6 is 22.7 Å². The normalized spacial score (nSPS) is 14.6. The molecule has 2 heterocycles. The Morgan fingerprint density at radius 3 is 2.66 bits per heavy atom. The Morgan fingerprint density at radius 2 is 2.03 bits per heavy atom. The van der Waals surface area contributed by atoms with Gasteiger partial charge in [0.2, 0.25) is 0 Å². The summed E-state index contributed by atoms with van der Waals surface area (Å²) < 4.78 is 24.8. The fourth-order valence-corrected chi connectivity index (χ4v) is 5.24. The Hall–Kier alpha value is -2.63. The van der Waals surface area contributed by atoms with Crippen molar-refractivity contribution in [1.82, 2.24) is 9.97 Å². The monoisotopic (exact) mass is 448 g/mol. The minimum absolute atomic E-state index is 0.0193. The molecule has 0 saturated heterocycles. The van der Waals surface area contributed by atoms with Gasteiger partial charge in [-0.1, -0.05) is 17.3 Å². The summed E-state index contributed by atoms with van der Waals surface area (Å²) in [6, 6.07) is 6.11. The second-order valence-corrected chi connectivity index (χ2v) is 10.1. The lowest BCUT2D eigenvalue weighted by molar-refractivity contribution is -0.110. The molecule has 2 aromatic heterocycles. The molecule has 8 nitrogen and oxygen atoms in total. The molecule has 0 unspecified atom stereocenters. The smallest absolute Gasteiger partial charge is 0.280 e. The largest absolute Gasteiger partial charge is 0.389 e. The first-order chi connectivity index (χ1) is 14.0. The van der Waals surface area contributed by atoms with E-state index in [2.05, 4.69) is 20.4 Å². The van der Waals surface area contributed by atoms with Gasteiger partial charge in [-0.2, -0.15) is 0 Å². The van der Waals surface area contributed by atoms with E-state index in [1.807, 2.05) is 5.38 Å². The molecular formula is C18H16N4O4S3. The summed E-state index contributed by atoms with van der Waals surface area (Å²) in [6.07, 6.45) is 2.96. The van der Waals surface area contributed by atoms with Crippen molar-refractivity contribution in [3.8, 4) is 0 Å². The molecule has 1 amide bonds. The van der Waals surface area contributed by atoms with E-state index in [-0.39, 0.29) is 22.5 Å². The van der Waals surface area contributed by atoms with Crippen molar-refractivity contribution in [2.24, 2.45) is 5.16 Å². The molecule has 1 N–H and O–H groups in total. The number of rotatable bonds is 8. The molecule has 1 aliphatic carbocycles. The van der Waals surface area contributed by atoms with Gasteiger partial charge in [0, 0.05) is 22.5 Å². The SMILES string of the molecule is O=C(Nc1nccs1)/C(=N/OCc1cscn1)c1ccc(S(=O)(=O)C2CC2)cc1. The Bertz CT molecular complexity index is 1100. The van der Waals surface area contributed by atoms with Gasteiger partial charge in [0.25, 0.3) is 5.91 Å². The van der Waals surface area contributed by atoms with E-state index >= 15 is 0 Å². The fraction of sp³-hybridized carbons (Fsp3) is 0.222. The summed E-state index contributed by atoms with van der Waals surface area (Å²) in [5.74, 6) is -0.504. The number of hydrogen-bond acceptors (Lipinski definition) is 9. The van der Waals surface area contributed by atoms with E-state index in [4.69, 9.17) is 4.84 Å². The number of anilines is 1. The summed E-state index contributed by atoms with van der Waals surface area (Å²) >= 11 is 2.71. The maximum Gasteiger partial charge on any atom is 0.280 e. The first kappa shape index (κ1) is 19.7. The Morgan fingerprint density at radius 1 is 1.24 bits per heavy atom. The highest BCUT2D eigenvalue weighted by molar-refractivity contribution is 7.92. The van der Waals surface area contributed by atoms with Crippen LogP contribution in [0.4, 0.5) is 5.13 Å². The molecular weight excluding hydrogens is 432 g/mol. The van der Waals surface area contributed by atoms with Crippen LogP contribution in [-0.2, 0) is 26.1 Å². The van der Waals surface area contributed by atoms with Crippen molar-refractivity contribution in [2.45, 2.75) is 29.6 Å². The minimum atomic E-state index is -3.30. The number of sulfone groups is 1. The first-order valence-corrected chi connectivity index (χ1v) is 12.0. The van der Waals surface area contributed by atoms with Gasteiger partial charge in [-0.25, -0.2) is 18.4 Å². The van der Waals surface area contributed by atoms with Gasteiger partial charge in [0.1, 0.15) is 0 Å². The van der Waals surface area contributed by atoms with Crippen molar-refractivity contribution in [3.63, 3.8) is 0 Å². The number of carbonyl (C=O) groups is 1. The zero-order valence-electron chi connectivity index (χ0n) is 15.0. The molecule has 4 rings (SSSR count). The van der Waals surface area contributed by atoms with Crippen molar-refractivity contribution >= 4 is 49.3 Å². The number of oxime groups is 1. The van der Waals surface area contributed by atoms with E-state index in [1.54, 1.807) is 29.2 Å². The molecule has 29 heavy (non-hydrogen) atoms. The standard InChI is InChI=1S/C18H16N4O4S3/c23-17(21-18-19-7-8-28-18)16(22-26-9-13-10-27-11-20-13)12-1-3-14(4-2-12)29(24,25)15-5-6-15/h1-4,7-8,10-11,15H,5-6,9H2,(H,19,21,23)/b22-16+. The number of nitrogens with one attached hydrogen (secondary N) is 1. The maximum atomic E-state index is 12.7. The zero-order valence-corrected chi connectivity index (χ0v) is 17.5. The van der Waals surface area contributed by atoms with Crippen LogP contribution in [0.1, 0.15) is 24.1 Å². The molecule has 0 bridgehead atoms. The highest BCUT2D eigenvalue weighted by atomic mass is 32.2. The molecule has 0 aliphatic heterocycles. The minimum Gasteiger partial charge on any atom is -0.389 e. The van der Waals surface area contributed by atoms with Crippen LogP contribution < -0.4 is 5.32 Å². The third-order valence-corrected chi connectivity index (χ3v) is 7.74. The molecule has 1 aliphatic rings. The Balaban J connectivity index is 1.57. The highest BCUT2D eigenvalue weighted by Crippen LogP contribution is 2.33. The fourth-order valence-electron chi connectivity index (χ4n) is 2.51. The average molecular weight is 449 g/mol. The third-order valence-electron chi connectivity index (χ3n) is 4.14. The topological polar surface area (TPSA) is 111 Å². The van der Waals surface area contributed by atoms with Crippen molar-refractivity contribution in [1.29, 1.82) is 0 Å². The van der Waals surface area contributed by atoms with Crippen molar-refractivity contribution in [2.75, 3.05) is 5.32 Å². The van der Waals surface area contributed by atoms with E-state index in [0.717, 1.165) is 0 Å². The first-order valence-electron chi connectivity index (χ1n) is 8.66. The predicted octanol–water partition coefficient (Wildman–Crippen LogP) is 3.10. The molecule has 1 saturated carbocycles. The molecule has 0 atom stereocenters. The summed E-state index contributed by atoms with van der Waals surface area (Å²) in [5.41, 5.74) is 2.83. The summed E-state index contributed by atoms with van der Waals surface area (Å²) in [5, 5.41) is 10.3. The van der Waals surface area contributed by atoms with E-state index in [1.165, 1.54) is 34.8 Å². The second-order valence-electron chi connectivity index (χ2n) is 6.25. The second kappa shape index (κ2) is 8.39. The predicted molar refractivity (Wildman–Crippen MR) is 111 cm³/mol. The van der Waals surface area contributed by atoms with Crippen LogP contribution in [0.5, 0.6) is 0 Å². The lowest BCUT2D eigenvalue weighted by Crippen LogP contribution is -2.24. The molecule has 0 spiro atoms. The lowest BCUT2D eigenvalue weighted by atomic mass is 10.1. The van der Waals surface area contributed by atoms with Crippen LogP contribution in [0.15, 0.2) is 56.8 Å². The van der Waals surface area contributed by atoms with Gasteiger partial charge in [0.05, 0.1) is 21.3 Å². The van der Waals surface area contributed by atoms with Crippen LogP contribution in [0.25, 0.3) is 0 Å². The number of benzene rings is 1. The van der Waals surface area contributed by atoms with E-state index < -0.39 is 15.7 Å². The Labute approximate surface area is 175 Å². The number of nitrogens with zero attached hydrogens (tertiary/aromatic N) is 3. The van der Waals surface area contributed by atoms with Crippen LogP contribution in [0.2, 0.25) is 0 Å². The van der Waals surface area contributed by atoms with E-state index in [0.29, 0.717) is 29.2 Å². The number of aromatic nitrogens is 2. The molecule has 1 fully saturated rings. The van der Waals surface area contributed by atoms with Crippen molar-refractivity contribution in [3.05, 3.63) is 58.0 Å². The van der Waals surface area contributed by atoms with Gasteiger partial charge in [-0.15, -0.1) is 22.7 Å². The summed E-state index contributed by atoms with van der Waals surface area (Å²) in [4.78, 5) is 26.4. The number of amides is 1. The van der Waals surface area contributed by atoms with Gasteiger partial charge >= 0.3 is 0 Å². The molecule has 150 valence electrons. The van der Waals surface area contributed by atoms with Crippen LogP contribution in [-0.4, -0.2) is 35.3 Å². The molecule has 0 radical (unpaired) electrons. The van der Waals surface area contributed by atoms with Gasteiger partial charge in [0.15, 0.2) is 27.3 Å². The number of thiazole rings is 2. The van der Waals surface area contributed by atoms with Crippen LogP contribution in [0.3, 0.4) is 0 Å². The summed E-state index contributed by atoms with van der Waals surface area (Å²) in [7, 11) is -3.30. The Kier molecular flexibility index (Phi) is 5.69. The molecule has 11 heteroatoms. The molecule has 3 aromatic rings. The third kappa shape index (κ3) is 4.69. The number of carbonyl (C=O) groups excluding carboxylic acids is 1. The average Bonchev–Trinajstić information content (AvgIpc) is 3.23. The van der Waals surface area contributed by atoms with Gasteiger partial charge < -0.3 is 4.84 Å². The van der Waals surface area contributed by atoms with Crippen molar-refractivity contribution < 1.29 is 18.0 Å². The highest BCUT2D eigenvalue weighted by Gasteiger charge is 2.36. The lowest BCUT2D eigenvalue weighted by Gasteiger charge is -2.08. The maximum absolute atomic E-state index is 12.7. The quantitative estimate of drug-likeness (QED) is 0.419. The van der Waals surface area contributed by atoms with E-state index in [9.17, 15) is 13.2 Å². The zero-order chi connectivity index (χ0) is 20.3. The van der Waals surface area contributed by atoms with Crippen LogP contribution in [0, 0.1) is 0 Å². The van der Waals surface area contributed by atoms with Gasteiger partial charge in [-0.05, 0) is 25.0 Å².